The van der Waals surface area contributed by atoms with Crippen molar-refractivity contribution in [3.63, 3.8) is 0 Å². The van der Waals surface area contributed by atoms with Gasteiger partial charge in [-0.05, 0) is 48.3 Å². The zero-order valence-electron chi connectivity index (χ0n) is 14.0. The van der Waals surface area contributed by atoms with Gasteiger partial charge in [-0.15, -0.1) is 0 Å². The maximum absolute atomic E-state index is 2.52. The summed E-state index contributed by atoms with van der Waals surface area (Å²) < 4.78 is 0. The van der Waals surface area contributed by atoms with Crippen LogP contribution in [0.25, 0.3) is 5.57 Å². The van der Waals surface area contributed by atoms with Gasteiger partial charge in [0.2, 0.25) is 0 Å². The van der Waals surface area contributed by atoms with Gasteiger partial charge < -0.3 is 0 Å². The summed E-state index contributed by atoms with van der Waals surface area (Å²) in [5.74, 6) is 0.949. The van der Waals surface area contributed by atoms with Crippen LogP contribution in [0.15, 0.2) is 30.3 Å². The molecule has 0 saturated heterocycles. The van der Waals surface area contributed by atoms with Crippen LogP contribution >= 0.6 is 0 Å². The normalized spacial score (nSPS) is 18.6. The van der Waals surface area contributed by atoms with Gasteiger partial charge >= 0.3 is 0 Å². The molecule has 0 amide bonds. The standard InChI is InChI=1S/C21H32/c1-3-5-6-7-8-9-19-12-16-21(17-13-19)20-14-10-18(4-2)11-15-20/h10-11,14-16,19H,3-9,12-13,17H2,1-2H3. The molecule has 1 aliphatic carbocycles. The van der Waals surface area contributed by atoms with Crippen LogP contribution in [0.3, 0.4) is 0 Å². The predicted molar refractivity (Wildman–Crippen MR) is 94.5 cm³/mol. The third kappa shape index (κ3) is 5.34. The van der Waals surface area contributed by atoms with E-state index < -0.39 is 0 Å². The van der Waals surface area contributed by atoms with Crippen LogP contribution in [0.4, 0.5) is 0 Å². The van der Waals surface area contributed by atoms with Crippen molar-refractivity contribution < 1.29 is 0 Å². The van der Waals surface area contributed by atoms with E-state index in [2.05, 4.69) is 44.2 Å². The van der Waals surface area contributed by atoms with E-state index in [9.17, 15) is 0 Å². The quantitative estimate of drug-likeness (QED) is 0.461. The fourth-order valence-corrected chi connectivity index (χ4v) is 3.40. The Labute approximate surface area is 131 Å². The van der Waals surface area contributed by atoms with Crippen molar-refractivity contribution in [2.24, 2.45) is 5.92 Å². The average molecular weight is 284 g/mol. The molecule has 0 spiro atoms. The lowest BCUT2D eigenvalue weighted by Gasteiger charge is -2.22. The molecule has 21 heavy (non-hydrogen) atoms. The predicted octanol–water partition coefficient (Wildman–Crippen LogP) is 6.79. The van der Waals surface area contributed by atoms with Crippen LogP contribution in [0, 0.1) is 5.92 Å². The van der Waals surface area contributed by atoms with Gasteiger partial charge in [-0.25, -0.2) is 0 Å². The minimum Gasteiger partial charge on any atom is -0.0804 e. The van der Waals surface area contributed by atoms with E-state index in [4.69, 9.17) is 0 Å². The van der Waals surface area contributed by atoms with Gasteiger partial charge in [0.1, 0.15) is 0 Å². The zero-order chi connectivity index (χ0) is 14.9. The van der Waals surface area contributed by atoms with Gasteiger partial charge in [-0.3, -0.25) is 0 Å². The molecule has 0 saturated carbocycles. The summed E-state index contributed by atoms with van der Waals surface area (Å²) in [5.41, 5.74) is 4.48. The number of rotatable bonds is 8. The molecule has 0 aromatic heterocycles. The smallest absolute Gasteiger partial charge is 0.0228 e. The molecule has 0 N–H and O–H groups in total. The maximum Gasteiger partial charge on any atom is -0.0228 e. The Balaban J connectivity index is 1.76. The Morgan fingerprint density at radius 1 is 0.952 bits per heavy atom. The van der Waals surface area contributed by atoms with E-state index in [1.165, 1.54) is 68.9 Å². The van der Waals surface area contributed by atoms with Crippen LogP contribution < -0.4 is 0 Å². The Hall–Kier alpha value is -1.04. The Morgan fingerprint density at radius 2 is 1.71 bits per heavy atom. The van der Waals surface area contributed by atoms with Crippen LogP contribution in [0.1, 0.15) is 82.8 Å². The topological polar surface area (TPSA) is 0 Å². The highest BCUT2D eigenvalue weighted by Crippen LogP contribution is 2.32. The highest BCUT2D eigenvalue weighted by atomic mass is 14.2. The number of aryl methyl sites for hydroxylation is 1. The number of benzene rings is 1. The Bertz CT molecular complexity index is 424. The molecule has 116 valence electrons. The molecule has 0 fully saturated rings. The van der Waals surface area contributed by atoms with Crippen LogP contribution in [0.5, 0.6) is 0 Å². The first-order valence-electron chi connectivity index (χ1n) is 9.11. The molecule has 1 aromatic carbocycles. The number of allylic oxidation sites excluding steroid dienone is 2. The fraction of sp³-hybridized carbons (Fsp3) is 0.619. The molecule has 1 unspecified atom stereocenters. The minimum absolute atomic E-state index is 0.949. The lowest BCUT2D eigenvalue weighted by Crippen LogP contribution is -2.05. The van der Waals surface area contributed by atoms with Gasteiger partial charge in [-0.1, -0.05) is 82.7 Å². The average Bonchev–Trinajstić information content (AvgIpc) is 2.55. The molecular formula is C21H32. The van der Waals surface area contributed by atoms with Crippen molar-refractivity contribution in [3.8, 4) is 0 Å². The van der Waals surface area contributed by atoms with Gasteiger partial charge in [-0.2, -0.15) is 0 Å². The van der Waals surface area contributed by atoms with E-state index in [0.29, 0.717) is 0 Å². The third-order valence-electron chi connectivity index (χ3n) is 4.97. The summed E-state index contributed by atoms with van der Waals surface area (Å²) in [6.07, 6.45) is 16.2. The molecule has 0 aliphatic heterocycles. The highest BCUT2D eigenvalue weighted by Gasteiger charge is 2.15. The zero-order valence-corrected chi connectivity index (χ0v) is 14.0. The molecule has 0 bridgehead atoms. The minimum atomic E-state index is 0.949. The Morgan fingerprint density at radius 3 is 2.33 bits per heavy atom. The Kier molecular flexibility index (Phi) is 7.06. The van der Waals surface area contributed by atoms with Crippen LogP contribution in [-0.2, 0) is 6.42 Å². The second-order valence-electron chi connectivity index (χ2n) is 6.62. The molecule has 0 heterocycles. The molecule has 1 aromatic rings. The van der Waals surface area contributed by atoms with Gasteiger partial charge in [0.15, 0.2) is 0 Å². The van der Waals surface area contributed by atoms with Crippen LogP contribution in [0.2, 0.25) is 0 Å². The van der Waals surface area contributed by atoms with E-state index in [0.717, 1.165) is 12.3 Å². The molecule has 1 aliphatic rings. The van der Waals surface area contributed by atoms with E-state index in [1.807, 2.05) is 0 Å². The molecule has 1 atom stereocenters. The number of hydrogen-bond donors (Lipinski definition) is 0. The van der Waals surface area contributed by atoms with Crippen molar-refractivity contribution in [3.05, 3.63) is 41.5 Å². The van der Waals surface area contributed by atoms with Crippen molar-refractivity contribution in [1.29, 1.82) is 0 Å². The third-order valence-corrected chi connectivity index (χ3v) is 4.97. The van der Waals surface area contributed by atoms with E-state index in [-0.39, 0.29) is 0 Å². The summed E-state index contributed by atoms with van der Waals surface area (Å²) in [5, 5.41) is 0. The SMILES string of the molecule is CCCCCCCC1CC=C(c2ccc(CC)cc2)CC1. The molecule has 0 radical (unpaired) electrons. The molecule has 2 rings (SSSR count). The van der Waals surface area contributed by atoms with Gasteiger partial charge in [0, 0.05) is 0 Å². The van der Waals surface area contributed by atoms with E-state index >= 15 is 0 Å². The fourth-order valence-electron chi connectivity index (χ4n) is 3.40. The highest BCUT2D eigenvalue weighted by molar-refractivity contribution is 5.66. The lowest BCUT2D eigenvalue weighted by atomic mass is 9.83. The second-order valence-corrected chi connectivity index (χ2v) is 6.62. The molecule has 0 heteroatoms. The summed E-state index contributed by atoms with van der Waals surface area (Å²) >= 11 is 0. The van der Waals surface area contributed by atoms with Crippen molar-refractivity contribution in [2.75, 3.05) is 0 Å². The monoisotopic (exact) mass is 284 g/mol. The molecule has 0 nitrogen and oxygen atoms in total. The number of unbranched alkanes of at least 4 members (excludes halogenated alkanes) is 4. The summed E-state index contributed by atoms with van der Waals surface area (Å²) in [6, 6.07) is 9.21. The van der Waals surface area contributed by atoms with E-state index in [1.54, 1.807) is 5.57 Å². The van der Waals surface area contributed by atoms with Crippen molar-refractivity contribution >= 4 is 5.57 Å². The molecular weight excluding hydrogens is 252 g/mol. The summed E-state index contributed by atoms with van der Waals surface area (Å²) in [7, 11) is 0. The first-order valence-corrected chi connectivity index (χ1v) is 9.11. The summed E-state index contributed by atoms with van der Waals surface area (Å²) in [4.78, 5) is 0. The largest absolute Gasteiger partial charge is 0.0804 e. The lowest BCUT2D eigenvalue weighted by molar-refractivity contribution is 0.423. The first-order chi connectivity index (χ1) is 10.3. The first kappa shape index (κ1) is 16.3. The second kappa shape index (κ2) is 9.07. The van der Waals surface area contributed by atoms with Crippen molar-refractivity contribution in [2.45, 2.75) is 78.1 Å². The maximum atomic E-state index is 2.52. The van der Waals surface area contributed by atoms with Crippen LogP contribution in [-0.4, -0.2) is 0 Å². The number of hydrogen-bond acceptors (Lipinski definition) is 0. The van der Waals surface area contributed by atoms with Gasteiger partial charge in [0.25, 0.3) is 0 Å². The van der Waals surface area contributed by atoms with Crippen molar-refractivity contribution in [1.82, 2.24) is 0 Å². The van der Waals surface area contributed by atoms with Gasteiger partial charge in [0.05, 0.1) is 0 Å². The summed E-state index contributed by atoms with van der Waals surface area (Å²) in [6.45, 7) is 4.51.